The monoisotopic (exact) mass is 327 g/mol. The van der Waals surface area contributed by atoms with Gasteiger partial charge in [-0.1, -0.05) is 37.0 Å². The summed E-state index contributed by atoms with van der Waals surface area (Å²) < 4.78 is 0. The highest BCUT2D eigenvalue weighted by Gasteiger charge is 2.20. The Bertz CT molecular complexity index is 565. The van der Waals surface area contributed by atoms with E-state index in [4.69, 9.17) is 23.2 Å². The van der Waals surface area contributed by atoms with Crippen LogP contribution in [-0.2, 0) is 6.42 Å². The summed E-state index contributed by atoms with van der Waals surface area (Å²) in [6, 6.07) is 7.99. The van der Waals surface area contributed by atoms with Crippen LogP contribution in [0.1, 0.15) is 42.3 Å². The van der Waals surface area contributed by atoms with Crippen LogP contribution in [0.15, 0.2) is 29.6 Å². The first-order valence-electron chi connectivity index (χ1n) is 6.92. The molecule has 0 aliphatic heterocycles. The molecule has 0 saturated carbocycles. The molecule has 1 aromatic carbocycles. The average Bonchev–Trinajstić information content (AvgIpc) is 2.91. The van der Waals surface area contributed by atoms with Gasteiger partial charge in [0.1, 0.15) is 0 Å². The first kappa shape index (κ1) is 15.8. The molecule has 2 aromatic rings. The molecule has 1 N–H and O–H groups in total. The van der Waals surface area contributed by atoms with E-state index in [1.165, 1.54) is 10.4 Å². The van der Waals surface area contributed by atoms with Gasteiger partial charge in [-0.05, 0) is 60.2 Å². The second-order valence-electron chi connectivity index (χ2n) is 4.72. The van der Waals surface area contributed by atoms with E-state index in [0.717, 1.165) is 35.0 Å². The molecule has 2 rings (SSSR count). The molecule has 1 heterocycles. The van der Waals surface area contributed by atoms with Crippen LogP contribution in [0.25, 0.3) is 0 Å². The van der Waals surface area contributed by atoms with E-state index in [-0.39, 0.29) is 6.04 Å². The largest absolute Gasteiger partial charge is 0.306 e. The van der Waals surface area contributed by atoms with Gasteiger partial charge in [-0.2, -0.15) is 0 Å². The second-order valence-corrected chi connectivity index (χ2v) is 6.51. The van der Waals surface area contributed by atoms with Crippen molar-refractivity contribution in [3.8, 4) is 0 Å². The maximum atomic E-state index is 6.39. The van der Waals surface area contributed by atoms with Crippen LogP contribution >= 0.6 is 34.5 Å². The zero-order chi connectivity index (χ0) is 14.5. The first-order chi connectivity index (χ1) is 9.67. The Morgan fingerprint density at radius 1 is 1.20 bits per heavy atom. The fourth-order valence-corrected chi connectivity index (χ4v) is 3.76. The molecule has 0 fully saturated rings. The van der Waals surface area contributed by atoms with Crippen LogP contribution < -0.4 is 5.32 Å². The molecular formula is C16H19Cl2NS. The Morgan fingerprint density at radius 3 is 2.70 bits per heavy atom. The fraction of sp³-hybridized carbons (Fsp3) is 0.375. The van der Waals surface area contributed by atoms with Gasteiger partial charge in [0.25, 0.3) is 0 Å². The predicted molar refractivity (Wildman–Crippen MR) is 90.3 cm³/mol. The number of halogens is 2. The highest BCUT2D eigenvalue weighted by Crippen LogP contribution is 2.35. The Balaban J connectivity index is 2.44. The molecule has 1 unspecified atom stereocenters. The van der Waals surface area contributed by atoms with E-state index in [1.807, 2.05) is 18.2 Å². The van der Waals surface area contributed by atoms with Gasteiger partial charge >= 0.3 is 0 Å². The molecule has 108 valence electrons. The van der Waals surface area contributed by atoms with Crippen molar-refractivity contribution in [1.29, 1.82) is 0 Å². The van der Waals surface area contributed by atoms with Crippen LogP contribution in [0.5, 0.6) is 0 Å². The Hall–Kier alpha value is -0.540. The van der Waals surface area contributed by atoms with E-state index in [1.54, 1.807) is 11.3 Å². The lowest BCUT2D eigenvalue weighted by Crippen LogP contribution is -2.23. The fourth-order valence-electron chi connectivity index (χ4n) is 2.26. The Morgan fingerprint density at radius 2 is 2.00 bits per heavy atom. The molecule has 0 amide bonds. The van der Waals surface area contributed by atoms with Gasteiger partial charge in [-0.15, -0.1) is 11.3 Å². The summed E-state index contributed by atoms with van der Waals surface area (Å²) in [7, 11) is 0. The summed E-state index contributed by atoms with van der Waals surface area (Å²) in [6.07, 6.45) is 2.11. The molecule has 0 aliphatic carbocycles. The summed E-state index contributed by atoms with van der Waals surface area (Å²) in [5, 5.41) is 7.23. The number of nitrogens with one attached hydrogen (secondary N) is 1. The number of hydrogen-bond donors (Lipinski definition) is 1. The Labute approximate surface area is 134 Å². The second kappa shape index (κ2) is 7.46. The number of thiophene rings is 1. The minimum absolute atomic E-state index is 0.121. The molecule has 1 atom stereocenters. The summed E-state index contributed by atoms with van der Waals surface area (Å²) in [4.78, 5) is 1.34. The van der Waals surface area contributed by atoms with Crippen LogP contribution in [0.2, 0.25) is 10.0 Å². The highest BCUT2D eigenvalue weighted by atomic mass is 35.5. The molecule has 0 spiro atoms. The zero-order valence-electron chi connectivity index (χ0n) is 11.7. The quantitative estimate of drug-likeness (QED) is 0.716. The number of hydrogen-bond acceptors (Lipinski definition) is 2. The van der Waals surface area contributed by atoms with Crippen LogP contribution in [-0.4, -0.2) is 6.54 Å². The van der Waals surface area contributed by atoms with Gasteiger partial charge in [0, 0.05) is 14.9 Å². The number of aryl methyl sites for hydroxylation is 1. The average molecular weight is 328 g/mol. The standard InChI is InChI=1S/C16H19Cl2NS/c1-3-8-19-15(16-11(4-2)7-9-20-16)13-10-12(17)5-6-14(13)18/h5-7,9-10,15,19H,3-4,8H2,1-2H3. The van der Waals surface area contributed by atoms with Gasteiger partial charge in [-0.3, -0.25) is 0 Å². The molecule has 0 saturated heterocycles. The van der Waals surface area contributed by atoms with Crippen molar-refractivity contribution >= 4 is 34.5 Å². The summed E-state index contributed by atoms with van der Waals surface area (Å²) in [5.74, 6) is 0. The number of rotatable bonds is 6. The zero-order valence-corrected chi connectivity index (χ0v) is 14.1. The van der Waals surface area contributed by atoms with Crippen molar-refractivity contribution in [1.82, 2.24) is 5.32 Å². The smallest absolute Gasteiger partial charge is 0.0688 e. The lowest BCUT2D eigenvalue weighted by Gasteiger charge is -2.21. The number of benzene rings is 1. The van der Waals surface area contributed by atoms with Gasteiger partial charge in [0.15, 0.2) is 0 Å². The molecular weight excluding hydrogens is 309 g/mol. The third-order valence-corrected chi connectivity index (χ3v) is 4.89. The lowest BCUT2D eigenvalue weighted by atomic mass is 10.0. The third-order valence-electron chi connectivity index (χ3n) is 3.29. The molecule has 4 heteroatoms. The van der Waals surface area contributed by atoms with E-state index in [0.29, 0.717) is 0 Å². The van der Waals surface area contributed by atoms with E-state index >= 15 is 0 Å². The topological polar surface area (TPSA) is 12.0 Å². The van der Waals surface area contributed by atoms with Gasteiger partial charge < -0.3 is 5.32 Å². The minimum Gasteiger partial charge on any atom is -0.306 e. The van der Waals surface area contributed by atoms with E-state index < -0.39 is 0 Å². The maximum absolute atomic E-state index is 6.39. The van der Waals surface area contributed by atoms with Crippen LogP contribution in [0, 0.1) is 0 Å². The summed E-state index contributed by atoms with van der Waals surface area (Å²) >= 11 is 14.3. The van der Waals surface area contributed by atoms with Gasteiger partial charge in [0.05, 0.1) is 6.04 Å². The summed E-state index contributed by atoms with van der Waals surface area (Å²) in [5.41, 5.74) is 2.43. The molecule has 1 nitrogen and oxygen atoms in total. The Kier molecular flexibility index (Phi) is 5.91. The van der Waals surface area contributed by atoms with Crippen molar-refractivity contribution in [3.63, 3.8) is 0 Å². The van der Waals surface area contributed by atoms with Crippen molar-refractivity contribution in [2.24, 2.45) is 0 Å². The van der Waals surface area contributed by atoms with Crippen LogP contribution in [0.4, 0.5) is 0 Å². The SMILES string of the molecule is CCCNC(c1cc(Cl)ccc1Cl)c1sccc1CC. The normalized spacial score (nSPS) is 12.6. The van der Waals surface area contributed by atoms with Gasteiger partial charge in [0.2, 0.25) is 0 Å². The first-order valence-corrected chi connectivity index (χ1v) is 8.55. The van der Waals surface area contributed by atoms with Crippen molar-refractivity contribution < 1.29 is 0 Å². The highest BCUT2D eigenvalue weighted by molar-refractivity contribution is 7.10. The van der Waals surface area contributed by atoms with E-state index in [9.17, 15) is 0 Å². The van der Waals surface area contributed by atoms with Crippen molar-refractivity contribution in [2.75, 3.05) is 6.54 Å². The molecule has 20 heavy (non-hydrogen) atoms. The molecule has 0 bridgehead atoms. The van der Waals surface area contributed by atoms with Crippen LogP contribution in [0.3, 0.4) is 0 Å². The van der Waals surface area contributed by atoms with Crippen molar-refractivity contribution in [3.05, 3.63) is 55.7 Å². The van der Waals surface area contributed by atoms with E-state index in [2.05, 4.69) is 30.6 Å². The lowest BCUT2D eigenvalue weighted by molar-refractivity contribution is 0.603. The molecule has 0 aliphatic rings. The van der Waals surface area contributed by atoms with Gasteiger partial charge in [-0.25, -0.2) is 0 Å². The maximum Gasteiger partial charge on any atom is 0.0688 e. The molecule has 1 aromatic heterocycles. The molecule has 0 radical (unpaired) electrons. The summed E-state index contributed by atoms with van der Waals surface area (Å²) in [6.45, 7) is 5.30. The minimum atomic E-state index is 0.121. The van der Waals surface area contributed by atoms with Crippen molar-refractivity contribution in [2.45, 2.75) is 32.7 Å². The predicted octanol–water partition coefficient (Wildman–Crippen LogP) is 5.71. The third kappa shape index (κ3) is 3.56.